The molecule has 0 atom stereocenters. The van der Waals surface area contributed by atoms with E-state index in [1.165, 1.54) is 12.4 Å². The van der Waals surface area contributed by atoms with Crippen molar-refractivity contribution in [1.29, 1.82) is 0 Å². The monoisotopic (exact) mass is 540 g/mol. The molecule has 0 aliphatic heterocycles. The topological polar surface area (TPSA) is 141 Å². The second kappa shape index (κ2) is 11.9. The van der Waals surface area contributed by atoms with Crippen LogP contribution in [0.15, 0.2) is 73.1 Å². The van der Waals surface area contributed by atoms with Crippen LogP contribution in [0.5, 0.6) is 17.4 Å². The fourth-order valence-electron chi connectivity index (χ4n) is 3.33. The molecule has 4 aromatic rings. The molecule has 4 N–H and O–H groups in total. The number of nitrogens with two attached hydrogens (primary N) is 1. The summed E-state index contributed by atoms with van der Waals surface area (Å²) in [7, 11) is -1.99. The molecule has 192 valence electrons. The number of nitrogens with zero attached hydrogens (tertiary/aromatic N) is 3. The summed E-state index contributed by atoms with van der Waals surface area (Å²) in [5.41, 5.74) is 2.48. The lowest BCUT2D eigenvalue weighted by Gasteiger charge is -2.13. The molecule has 0 bridgehead atoms. The van der Waals surface area contributed by atoms with E-state index in [2.05, 4.69) is 25.6 Å². The van der Waals surface area contributed by atoms with Crippen LogP contribution in [0, 0.1) is 0 Å². The SMILES string of the molecule is COc1ccc(CNc2cc(CNc3ncc(Cl)cn3)cc(Oc3ccc(CS(N)(=O)=O)cc3)n2)cc1. The Bertz CT molecular complexity index is 1430. The Kier molecular flexibility index (Phi) is 8.39. The third kappa shape index (κ3) is 8.31. The fourth-order valence-corrected chi connectivity index (χ4v) is 4.09. The lowest BCUT2D eigenvalue weighted by atomic mass is 10.2. The smallest absolute Gasteiger partial charge is 0.222 e. The number of halogens is 1. The molecule has 0 saturated carbocycles. The summed E-state index contributed by atoms with van der Waals surface area (Å²) >= 11 is 5.86. The predicted octanol–water partition coefficient (Wildman–Crippen LogP) is 4.34. The van der Waals surface area contributed by atoms with E-state index in [9.17, 15) is 8.42 Å². The van der Waals surface area contributed by atoms with Gasteiger partial charge in [0.25, 0.3) is 0 Å². The minimum Gasteiger partial charge on any atom is -0.497 e. The second-order valence-electron chi connectivity index (χ2n) is 8.03. The van der Waals surface area contributed by atoms with Crippen LogP contribution < -0.4 is 25.2 Å². The average Bonchev–Trinajstić information content (AvgIpc) is 2.88. The first-order valence-corrected chi connectivity index (χ1v) is 13.2. The Balaban J connectivity index is 1.51. The van der Waals surface area contributed by atoms with Crippen LogP contribution in [0.4, 0.5) is 11.8 Å². The van der Waals surface area contributed by atoms with Crippen LogP contribution in [-0.2, 0) is 28.9 Å². The molecule has 0 saturated heterocycles. The Morgan fingerprint density at radius 1 is 0.865 bits per heavy atom. The van der Waals surface area contributed by atoms with E-state index in [1.807, 2.05) is 30.3 Å². The zero-order valence-electron chi connectivity index (χ0n) is 19.9. The first kappa shape index (κ1) is 26.1. The Labute approximate surface area is 219 Å². The zero-order valence-corrected chi connectivity index (χ0v) is 21.5. The molecule has 0 unspecified atom stereocenters. The largest absolute Gasteiger partial charge is 0.497 e. The summed E-state index contributed by atoms with van der Waals surface area (Å²) in [5.74, 6) is 2.42. The molecule has 12 heteroatoms. The number of ether oxygens (including phenoxy) is 2. The van der Waals surface area contributed by atoms with Gasteiger partial charge in [0.2, 0.25) is 21.9 Å². The van der Waals surface area contributed by atoms with E-state index in [0.29, 0.717) is 47.1 Å². The summed E-state index contributed by atoms with van der Waals surface area (Å²) in [4.78, 5) is 12.9. The lowest BCUT2D eigenvalue weighted by molar-refractivity contribution is 0.414. The highest BCUT2D eigenvalue weighted by atomic mass is 35.5. The number of nitrogens with one attached hydrogen (secondary N) is 2. The Morgan fingerprint density at radius 3 is 2.14 bits per heavy atom. The van der Waals surface area contributed by atoms with Gasteiger partial charge in [-0.25, -0.2) is 23.5 Å². The number of benzene rings is 2. The summed E-state index contributed by atoms with van der Waals surface area (Å²) in [6.07, 6.45) is 3.03. The van der Waals surface area contributed by atoms with Crippen molar-refractivity contribution in [3.63, 3.8) is 0 Å². The van der Waals surface area contributed by atoms with Gasteiger partial charge in [0.05, 0.1) is 30.3 Å². The first-order chi connectivity index (χ1) is 17.8. The minimum absolute atomic E-state index is 0.251. The number of aromatic nitrogens is 3. The molecule has 0 aliphatic rings. The summed E-state index contributed by atoms with van der Waals surface area (Å²) in [6, 6.07) is 18.0. The molecule has 2 aromatic heterocycles. The van der Waals surface area contributed by atoms with Gasteiger partial charge in [-0.1, -0.05) is 35.9 Å². The van der Waals surface area contributed by atoms with Crippen LogP contribution in [0.2, 0.25) is 5.02 Å². The molecule has 0 amide bonds. The number of methoxy groups -OCH3 is 1. The van der Waals surface area contributed by atoms with Gasteiger partial charge in [0, 0.05) is 19.2 Å². The fraction of sp³-hybridized carbons (Fsp3) is 0.160. The normalized spacial score (nSPS) is 11.1. The number of anilines is 2. The molecule has 37 heavy (non-hydrogen) atoms. The van der Waals surface area contributed by atoms with Crippen LogP contribution in [0.3, 0.4) is 0 Å². The number of sulfonamides is 1. The maximum Gasteiger partial charge on any atom is 0.222 e. The molecule has 0 spiro atoms. The van der Waals surface area contributed by atoms with Gasteiger partial charge in [-0.15, -0.1) is 0 Å². The third-order valence-electron chi connectivity index (χ3n) is 5.08. The highest BCUT2D eigenvalue weighted by Gasteiger charge is 2.09. The molecule has 10 nitrogen and oxygen atoms in total. The van der Waals surface area contributed by atoms with Crippen LogP contribution in [0.25, 0.3) is 0 Å². The number of rotatable bonds is 11. The van der Waals surface area contributed by atoms with Crippen molar-refractivity contribution >= 4 is 33.4 Å². The van der Waals surface area contributed by atoms with Crippen molar-refractivity contribution in [3.8, 4) is 17.4 Å². The number of pyridine rings is 1. The van der Waals surface area contributed by atoms with E-state index in [-0.39, 0.29) is 5.75 Å². The van der Waals surface area contributed by atoms with E-state index >= 15 is 0 Å². The maximum absolute atomic E-state index is 11.3. The zero-order chi connectivity index (χ0) is 26.3. The van der Waals surface area contributed by atoms with Crippen molar-refractivity contribution in [2.45, 2.75) is 18.8 Å². The summed E-state index contributed by atoms with van der Waals surface area (Å²) < 4.78 is 33.8. The quantitative estimate of drug-likeness (QED) is 0.253. The van der Waals surface area contributed by atoms with Gasteiger partial charge < -0.3 is 20.1 Å². The Hall–Kier alpha value is -3.93. The highest BCUT2D eigenvalue weighted by molar-refractivity contribution is 7.88. The van der Waals surface area contributed by atoms with Crippen LogP contribution in [-0.4, -0.2) is 30.5 Å². The van der Waals surface area contributed by atoms with Crippen molar-refractivity contribution in [2.75, 3.05) is 17.7 Å². The van der Waals surface area contributed by atoms with Gasteiger partial charge in [0.15, 0.2) is 0 Å². The third-order valence-corrected chi connectivity index (χ3v) is 6.01. The minimum atomic E-state index is -3.62. The van der Waals surface area contributed by atoms with Gasteiger partial charge in [-0.05, 0) is 47.0 Å². The highest BCUT2D eigenvalue weighted by Crippen LogP contribution is 2.25. The first-order valence-electron chi connectivity index (χ1n) is 11.1. The van der Waals surface area contributed by atoms with Crippen molar-refractivity contribution in [1.82, 2.24) is 15.0 Å². The lowest BCUT2D eigenvalue weighted by Crippen LogP contribution is -2.14. The molecule has 4 rings (SSSR count). The number of hydrogen-bond acceptors (Lipinski definition) is 9. The van der Waals surface area contributed by atoms with Crippen LogP contribution in [0.1, 0.15) is 16.7 Å². The average molecular weight is 541 g/mol. The molecule has 0 fully saturated rings. The van der Waals surface area contributed by atoms with Gasteiger partial charge >= 0.3 is 0 Å². The molecule has 0 aliphatic carbocycles. The maximum atomic E-state index is 11.3. The van der Waals surface area contributed by atoms with Crippen molar-refractivity contribution in [3.05, 3.63) is 94.8 Å². The van der Waals surface area contributed by atoms with Gasteiger partial charge in [-0.3, -0.25) is 0 Å². The van der Waals surface area contributed by atoms with Gasteiger partial charge in [-0.2, -0.15) is 4.98 Å². The number of hydrogen-bond donors (Lipinski definition) is 3. The molecule has 2 aromatic carbocycles. The van der Waals surface area contributed by atoms with Crippen molar-refractivity contribution < 1.29 is 17.9 Å². The van der Waals surface area contributed by atoms with E-state index in [0.717, 1.165) is 16.9 Å². The second-order valence-corrected chi connectivity index (χ2v) is 10.1. The van der Waals surface area contributed by atoms with E-state index < -0.39 is 10.0 Å². The van der Waals surface area contributed by atoms with Crippen LogP contribution >= 0.6 is 11.6 Å². The summed E-state index contributed by atoms with van der Waals surface area (Å²) in [6.45, 7) is 0.945. The van der Waals surface area contributed by atoms with E-state index in [4.69, 9.17) is 26.2 Å². The Morgan fingerprint density at radius 2 is 1.49 bits per heavy atom. The molecule has 0 radical (unpaired) electrons. The van der Waals surface area contributed by atoms with E-state index in [1.54, 1.807) is 37.4 Å². The van der Waals surface area contributed by atoms with Crippen molar-refractivity contribution in [2.24, 2.45) is 5.14 Å². The molecular formula is C25H25ClN6O4S. The number of primary sulfonamides is 1. The predicted molar refractivity (Wildman–Crippen MR) is 142 cm³/mol. The molecule has 2 heterocycles. The summed E-state index contributed by atoms with van der Waals surface area (Å²) in [5, 5.41) is 12.0. The van der Waals surface area contributed by atoms with Gasteiger partial charge in [0.1, 0.15) is 17.3 Å². The standard InChI is InChI=1S/C25H25ClN6O4S/c1-35-21-6-2-17(3-7-21)12-28-23-10-19(13-29-25-30-14-20(26)15-31-25)11-24(32-23)36-22-8-4-18(5-9-22)16-37(27,33)34/h2-11,14-15H,12-13,16H2,1H3,(H,28,32)(H2,27,33,34)(H,29,30,31). The molecular weight excluding hydrogens is 516 g/mol.